The summed E-state index contributed by atoms with van der Waals surface area (Å²) in [6.45, 7) is 11.3. The van der Waals surface area contributed by atoms with Gasteiger partial charge in [-0.15, -0.1) is 0 Å². The van der Waals surface area contributed by atoms with Crippen molar-refractivity contribution < 1.29 is 9.59 Å². The molecular weight excluding hydrogens is 240 g/mol. The number of carbonyl (C=O) groups is 2. The monoisotopic (exact) mass is 262 g/mol. The molecule has 2 N–H and O–H groups in total. The zero-order valence-corrected chi connectivity index (χ0v) is 12.5. The first-order chi connectivity index (χ1) is 8.60. The summed E-state index contributed by atoms with van der Waals surface area (Å²) in [5.41, 5.74) is 3.32. The maximum Gasteiger partial charge on any atom is 0.313 e. The average molecular weight is 262 g/mol. The Balaban J connectivity index is 2.86. The Hall–Kier alpha value is -1.84. The third-order valence-electron chi connectivity index (χ3n) is 2.61. The molecule has 0 aliphatic rings. The van der Waals surface area contributed by atoms with E-state index in [4.69, 9.17) is 0 Å². The molecule has 0 unspecified atom stereocenters. The molecule has 2 amide bonds. The van der Waals surface area contributed by atoms with Gasteiger partial charge in [-0.2, -0.15) is 0 Å². The van der Waals surface area contributed by atoms with Crippen molar-refractivity contribution in [3.8, 4) is 0 Å². The normalized spacial score (nSPS) is 11.1. The van der Waals surface area contributed by atoms with Crippen LogP contribution in [0.4, 0.5) is 5.69 Å². The SMILES string of the molecule is Cc1cc(C)c(NC(=O)C(=O)NC(C)(C)C)c(C)c1. The molecule has 0 fully saturated rings. The van der Waals surface area contributed by atoms with Crippen molar-refractivity contribution in [3.05, 3.63) is 28.8 Å². The van der Waals surface area contributed by atoms with Gasteiger partial charge in [-0.25, -0.2) is 0 Å². The molecule has 0 aliphatic carbocycles. The molecule has 4 heteroatoms. The van der Waals surface area contributed by atoms with Gasteiger partial charge in [0.25, 0.3) is 0 Å². The van der Waals surface area contributed by atoms with Gasteiger partial charge in [-0.3, -0.25) is 9.59 Å². The quantitative estimate of drug-likeness (QED) is 0.764. The van der Waals surface area contributed by atoms with Crippen LogP contribution >= 0.6 is 0 Å². The predicted molar refractivity (Wildman–Crippen MR) is 77.2 cm³/mol. The molecule has 0 heterocycles. The summed E-state index contributed by atoms with van der Waals surface area (Å²) in [6, 6.07) is 3.95. The molecule has 0 saturated heterocycles. The highest BCUT2D eigenvalue weighted by Crippen LogP contribution is 2.21. The minimum absolute atomic E-state index is 0.425. The number of nitrogens with one attached hydrogen (secondary N) is 2. The van der Waals surface area contributed by atoms with Gasteiger partial charge in [0, 0.05) is 11.2 Å². The summed E-state index contributed by atoms with van der Waals surface area (Å²) in [4.78, 5) is 23.6. The Kier molecular flexibility index (Phi) is 4.35. The van der Waals surface area contributed by atoms with Crippen LogP contribution in [0, 0.1) is 20.8 Å². The number of aryl methyl sites for hydroxylation is 3. The van der Waals surface area contributed by atoms with E-state index in [0.29, 0.717) is 5.69 Å². The number of rotatable bonds is 1. The molecule has 1 rings (SSSR count). The highest BCUT2D eigenvalue weighted by molar-refractivity contribution is 6.39. The largest absolute Gasteiger partial charge is 0.343 e. The summed E-state index contributed by atoms with van der Waals surface area (Å²) < 4.78 is 0. The topological polar surface area (TPSA) is 58.2 Å². The van der Waals surface area contributed by atoms with Crippen LogP contribution in [0.2, 0.25) is 0 Å². The van der Waals surface area contributed by atoms with E-state index in [-0.39, 0.29) is 0 Å². The van der Waals surface area contributed by atoms with Crippen LogP contribution in [0.3, 0.4) is 0 Å². The molecule has 104 valence electrons. The number of anilines is 1. The first-order valence-corrected chi connectivity index (χ1v) is 6.31. The lowest BCUT2D eigenvalue weighted by Crippen LogP contribution is -2.46. The zero-order valence-electron chi connectivity index (χ0n) is 12.5. The number of carbonyl (C=O) groups excluding carboxylic acids is 2. The fraction of sp³-hybridized carbons (Fsp3) is 0.467. The fourth-order valence-electron chi connectivity index (χ4n) is 1.94. The summed E-state index contributed by atoms with van der Waals surface area (Å²) >= 11 is 0. The van der Waals surface area contributed by atoms with Gasteiger partial charge in [0.15, 0.2) is 0 Å². The third-order valence-corrected chi connectivity index (χ3v) is 2.61. The van der Waals surface area contributed by atoms with E-state index >= 15 is 0 Å². The average Bonchev–Trinajstić information content (AvgIpc) is 2.20. The van der Waals surface area contributed by atoms with Crippen molar-refractivity contribution in [2.45, 2.75) is 47.1 Å². The zero-order chi connectivity index (χ0) is 14.8. The van der Waals surface area contributed by atoms with Crippen molar-refractivity contribution in [1.82, 2.24) is 5.32 Å². The van der Waals surface area contributed by atoms with Gasteiger partial charge >= 0.3 is 11.8 Å². The smallest absolute Gasteiger partial charge is 0.313 e. The highest BCUT2D eigenvalue weighted by Gasteiger charge is 2.21. The molecule has 1 aromatic carbocycles. The Labute approximate surface area is 114 Å². The van der Waals surface area contributed by atoms with Gasteiger partial charge < -0.3 is 10.6 Å². The maximum atomic E-state index is 11.9. The van der Waals surface area contributed by atoms with Crippen LogP contribution < -0.4 is 10.6 Å². The Morgan fingerprint density at radius 3 is 1.84 bits per heavy atom. The lowest BCUT2D eigenvalue weighted by Gasteiger charge is -2.20. The van der Waals surface area contributed by atoms with Crippen LogP contribution in [-0.4, -0.2) is 17.4 Å². The van der Waals surface area contributed by atoms with Crippen molar-refractivity contribution in [2.24, 2.45) is 0 Å². The minimum Gasteiger partial charge on any atom is -0.343 e. The van der Waals surface area contributed by atoms with Gasteiger partial charge in [0.2, 0.25) is 0 Å². The van der Waals surface area contributed by atoms with E-state index in [1.54, 1.807) is 0 Å². The minimum atomic E-state index is -0.634. The second kappa shape index (κ2) is 5.43. The first kappa shape index (κ1) is 15.2. The van der Waals surface area contributed by atoms with E-state index in [9.17, 15) is 9.59 Å². The maximum absolute atomic E-state index is 11.9. The highest BCUT2D eigenvalue weighted by atomic mass is 16.2. The number of benzene rings is 1. The number of hydrogen-bond donors (Lipinski definition) is 2. The van der Waals surface area contributed by atoms with Crippen LogP contribution in [0.1, 0.15) is 37.5 Å². The van der Waals surface area contributed by atoms with Gasteiger partial charge in [-0.05, 0) is 52.7 Å². The van der Waals surface area contributed by atoms with E-state index in [1.165, 1.54) is 0 Å². The lowest BCUT2D eigenvalue weighted by atomic mass is 10.0. The summed E-state index contributed by atoms with van der Waals surface area (Å²) in [5, 5.41) is 5.32. The van der Waals surface area contributed by atoms with Gasteiger partial charge in [0.05, 0.1) is 0 Å². The Morgan fingerprint density at radius 2 is 1.42 bits per heavy atom. The van der Waals surface area contributed by atoms with Crippen LogP contribution in [0.5, 0.6) is 0 Å². The van der Waals surface area contributed by atoms with Crippen molar-refractivity contribution in [3.63, 3.8) is 0 Å². The molecule has 0 spiro atoms. The van der Waals surface area contributed by atoms with E-state index < -0.39 is 17.4 Å². The summed E-state index contributed by atoms with van der Waals surface area (Å²) in [5.74, 6) is -1.25. The van der Waals surface area contributed by atoms with E-state index in [2.05, 4.69) is 10.6 Å². The molecular formula is C15H22N2O2. The summed E-state index contributed by atoms with van der Waals surface area (Å²) in [6.07, 6.45) is 0. The van der Waals surface area contributed by atoms with Crippen molar-refractivity contribution in [2.75, 3.05) is 5.32 Å². The van der Waals surface area contributed by atoms with E-state index in [0.717, 1.165) is 16.7 Å². The molecule has 0 aromatic heterocycles. The first-order valence-electron chi connectivity index (χ1n) is 6.31. The lowest BCUT2D eigenvalue weighted by molar-refractivity contribution is -0.137. The molecule has 0 atom stereocenters. The second-order valence-electron chi connectivity index (χ2n) is 5.93. The van der Waals surface area contributed by atoms with Crippen LogP contribution in [0.15, 0.2) is 12.1 Å². The van der Waals surface area contributed by atoms with Crippen LogP contribution in [-0.2, 0) is 9.59 Å². The molecule has 4 nitrogen and oxygen atoms in total. The molecule has 0 aliphatic heterocycles. The van der Waals surface area contributed by atoms with E-state index in [1.807, 2.05) is 53.7 Å². The Bertz CT molecular complexity index is 490. The van der Waals surface area contributed by atoms with Gasteiger partial charge in [0.1, 0.15) is 0 Å². The molecule has 0 bridgehead atoms. The Morgan fingerprint density at radius 1 is 0.947 bits per heavy atom. The fourth-order valence-corrected chi connectivity index (χ4v) is 1.94. The molecule has 19 heavy (non-hydrogen) atoms. The molecule has 0 saturated carbocycles. The predicted octanol–water partition coefficient (Wildman–Crippen LogP) is 2.47. The van der Waals surface area contributed by atoms with Gasteiger partial charge in [-0.1, -0.05) is 17.7 Å². The van der Waals surface area contributed by atoms with Crippen molar-refractivity contribution in [1.29, 1.82) is 0 Å². The van der Waals surface area contributed by atoms with Crippen molar-refractivity contribution >= 4 is 17.5 Å². The summed E-state index contributed by atoms with van der Waals surface area (Å²) in [7, 11) is 0. The number of hydrogen-bond acceptors (Lipinski definition) is 2. The third kappa shape index (κ3) is 4.39. The molecule has 1 aromatic rings. The standard InChI is InChI=1S/C15H22N2O2/c1-9-7-10(2)12(11(3)8-9)16-13(18)14(19)17-15(4,5)6/h7-8H,1-6H3,(H,16,18)(H,17,19). The number of amides is 2. The van der Waals surface area contributed by atoms with Crippen LogP contribution in [0.25, 0.3) is 0 Å². The molecule has 0 radical (unpaired) electrons. The second-order valence-corrected chi connectivity index (χ2v) is 5.93.